The van der Waals surface area contributed by atoms with Gasteiger partial charge < -0.3 is 14.8 Å². The molecule has 142 valence electrons. The van der Waals surface area contributed by atoms with E-state index in [1.807, 2.05) is 27.7 Å². The van der Waals surface area contributed by atoms with E-state index in [4.69, 9.17) is 9.47 Å². The Morgan fingerprint density at radius 3 is 2.48 bits per heavy atom. The minimum absolute atomic E-state index is 0.181. The summed E-state index contributed by atoms with van der Waals surface area (Å²) in [5.74, 6) is 0.693. The maximum absolute atomic E-state index is 13.1. The minimum atomic E-state index is -0.727. The van der Waals surface area contributed by atoms with Crippen molar-refractivity contribution in [1.82, 2.24) is 10.3 Å². The number of ether oxygens (including phenoxy) is 2. The molecule has 0 saturated carbocycles. The molecule has 0 aliphatic heterocycles. The summed E-state index contributed by atoms with van der Waals surface area (Å²) < 4.78 is 24.8. The van der Waals surface area contributed by atoms with Gasteiger partial charge in [-0.05, 0) is 68.1 Å². The molecule has 1 amide bonds. The van der Waals surface area contributed by atoms with E-state index < -0.39 is 23.9 Å². The lowest BCUT2D eigenvalue weighted by molar-refractivity contribution is 0.0407. The molecule has 0 radical (unpaired) electrons. The predicted molar refractivity (Wildman–Crippen MR) is 99.5 cm³/mol. The standard InChI is InChI=1S/C18H28BrFN2O3/c1-12(2)9-18(6,22-16(23)25-17(3,4)5)11-24-14-7-8-15(19)21-13(14)10-20/h7-8,12H,9-11H2,1-6H3,(H,22,23)/t18-/m0/s1. The third-order valence-electron chi connectivity index (χ3n) is 3.23. The first-order chi connectivity index (χ1) is 11.4. The van der Waals surface area contributed by atoms with Gasteiger partial charge in [-0.3, -0.25) is 0 Å². The quantitative estimate of drug-likeness (QED) is 0.631. The number of rotatable bonds is 7. The Morgan fingerprint density at radius 1 is 1.32 bits per heavy atom. The SMILES string of the molecule is CC(C)C[C@@](C)(COc1ccc(Br)nc1CF)NC(=O)OC(C)(C)C. The highest BCUT2D eigenvalue weighted by molar-refractivity contribution is 9.10. The number of hydrogen-bond donors (Lipinski definition) is 1. The van der Waals surface area contributed by atoms with Crippen LogP contribution in [-0.2, 0) is 11.4 Å². The second-order valence-corrected chi connectivity index (χ2v) is 8.60. The van der Waals surface area contributed by atoms with Gasteiger partial charge in [0.1, 0.15) is 34.9 Å². The fourth-order valence-corrected chi connectivity index (χ4v) is 2.87. The summed E-state index contributed by atoms with van der Waals surface area (Å²) in [6.45, 7) is 10.9. The van der Waals surface area contributed by atoms with E-state index in [9.17, 15) is 9.18 Å². The second kappa shape index (κ2) is 8.83. The molecule has 25 heavy (non-hydrogen) atoms. The van der Waals surface area contributed by atoms with Crippen molar-refractivity contribution in [3.63, 3.8) is 0 Å². The van der Waals surface area contributed by atoms with Crippen LogP contribution < -0.4 is 10.1 Å². The van der Waals surface area contributed by atoms with Crippen molar-refractivity contribution in [1.29, 1.82) is 0 Å². The Bertz CT molecular complexity index is 590. The molecule has 1 aromatic rings. The van der Waals surface area contributed by atoms with Crippen molar-refractivity contribution in [2.45, 2.75) is 65.8 Å². The lowest BCUT2D eigenvalue weighted by atomic mass is 9.91. The molecule has 5 nitrogen and oxygen atoms in total. The summed E-state index contributed by atoms with van der Waals surface area (Å²) in [5.41, 5.74) is -1.02. The highest BCUT2D eigenvalue weighted by Gasteiger charge is 2.31. The molecule has 0 saturated heterocycles. The summed E-state index contributed by atoms with van der Waals surface area (Å²) in [5, 5.41) is 2.89. The first kappa shape index (κ1) is 21.7. The topological polar surface area (TPSA) is 60.5 Å². The highest BCUT2D eigenvalue weighted by atomic mass is 79.9. The molecule has 0 aliphatic carbocycles. The van der Waals surface area contributed by atoms with Gasteiger partial charge in [-0.25, -0.2) is 14.2 Å². The van der Waals surface area contributed by atoms with Crippen molar-refractivity contribution in [2.24, 2.45) is 5.92 Å². The summed E-state index contributed by atoms with van der Waals surface area (Å²) in [6, 6.07) is 3.35. The van der Waals surface area contributed by atoms with E-state index in [0.29, 0.717) is 22.7 Å². The largest absolute Gasteiger partial charge is 0.489 e. The first-order valence-electron chi connectivity index (χ1n) is 8.29. The normalized spacial score (nSPS) is 14.1. The van der Waals surface area contributed by atoms with Gasteiger partial charge >= 0.3 is 6.09 Å². The Hall–Kier alpha value is -1.37. The van der Waals surface area contributed by atoms with Gasteiger partial charge in [0, 0.05) is 0 Å². The van der Waals surface area contributed by atoms with Crippen LogP contribution in [0.15, 0.2) is 16.7 Å². The molecule has 1 atom stereocenters. The smallest absolute Gasteiger partial charge is 0.408 e. The molecule has 0 aromatic carbocycles. The van der Waals surface area contributed by atoms with Gasteiger partial charge in [0.15, 0.2) is 0 Å². The molecule has 1 aromatic heterocycles. The highest BCUT2D eigenvalue weighted by Crippen LogP contribution is 2.24. The van der Waals surface area contributed by atoms with Crippen LogP contribution in [0.4, 0.5) is 9.18 Å². The number of pyridine rings is 1. The lowest BCUT2D eigenvalue weighted by Crippen LogP contribution is -2.52. The predicted octanol–water partition coefficient (Wildman–Crippen LogP) is 5.02. The summed E-state index contributed by atoms with van der Waals surface area (Å²) in [6.07, 6.45) is 0.181. The summed E-state index contributed by atoms with van der Waals surface area (Å²) in [4.78, 5) is 16.2. The van der Waals surface area contributed by atoms with Crippen LogP contribution in [0, 0.1) is 5.92 Å². The van der Waals surface area contributed by atoms with Crippen LogP contribution in [0.5, 0.6) is 5.75 Å². The number of carbonyl (C=O) groups excluding carboxylic acids is 1. The van der Waals surface area contributed by atoms with Crippen LogP contribution in [0.3, 0.4) is 0 Å². The van der Waals surface area contributed by atoms with Gasteiger partial charge in [-0.1, -0.05) is 13.8 Å². The minimum Gasteiger partial charge on any atom is -0.489 e. The number of alkyl carbamates (subject to hydrolysis) is 1. The Balaban J connectivity index is 2.86. The molecular formula is C18H28BrFN2O3. The van der Waals surface area contributed by atoms with Gasteiger partial charge in [0.2, 0.25) is 0 Å². The fraction of sp³-hybridized carbons (Fsp3) is 0.667. The molecular weight excluding hydrogens is 391 g/mol. The number of aromatic nitrogens is 1. The van der Waals surface area contributed by atoms with Crippen LogP contribution in [0.2, 0.25) is 0 Å². The van der Waals surface area contributed by atoms with E-state index in [-0.39, 0.29) is 12.3 Å². The number of hydrogen-bond acceptors (Lipinski definition) is 4. The van der Waals surface area contributed by atoms with Crippen molar-refractivity contribution in [3.8, 4) is 5.75 Å². The first-order valence-corrected chi connectivity index (χ1v) is 9.09. The van der Waals surface area contributed by atoms with E-state index in [1.54, 1.807) is 12.1 Å². The molecule has 0 spiro atoms. The van der Waals surface area contributed by atoms with Crippen LogP contribution >= 0.6 is 15.9 Å². The monoisotopic (exact) mass is 418 g/mol. The Morgan fingerprint density at radius 2 is 1.96 bits per heavy atom. The van der Waals surface area contributed by atoms with Crippen LogP contribution in [-0.4, -0.2) is 28.8 Å². The number of halogens is 2. The lowest BCUT2D eigenvalue weighted by Gasteiger charge is -2.33. The molecule has 1 N–H and O–H groups in total. The van der Waals surface area contributed by atoms with E-state index in [2.05, 4.69) is 40.1 Å². The van der Waals surface area contributed by atoms with Gasteiger partial charge in [0.25, 0.3) is 0 Å². The van der Waals surface area contributed by atoms with Crippen LogP contribution in [0.1, 0.15) is 53.7 Å². The number of amides is 1. The van der Waals surface area contributed by atoms with Crippen molar-refractivity contribution in [3.05, 3.63) is 22.4 Å². The number of alkyl halides is 1. The molecule has 7 heteroatoms. The molecule has 1 rings (SSSR count). The average Bonchev–Trinajstić information content (AvgIpc) is 2.42. The number of nitrogens with zero attached hydrogens (tertiary/aromatic N) is 1. The van der Waals surface area contributed by atoms with E-state index >= 15 is 0 Å². The van der Waals surface area contributed by atoms with E-state index in [1.165, 1.54) is 0 Å². The van der Waals surface area contributed by atoms with Crippen LogP contribution in [0.25, 0.3) is 0 Å². The molecule has 1 heterocycles. The number of carbonyl (C=O) groups is 1. The third-order valence-corrected chi connectivity index (χ3v) is 3.67. The zero-order chi connectivity index (χ0) is 19.3. The average molecular weight is 419 g/mol. The molecule has 0 bridgehead atoms. The fourth-order valence-electron chi connectivity index (χ4n) is 2.52. The van der Waals surface area contributed by atoms with Crippen molar-refractivity contribution >= 4 is 22.0 Å². The van der Waals surface area contributed by atoms with Gasteiger partial charge in [0.05, 0.1) is 5.54 Å². The molecule has 0 unspecified atom stereocenters. The van der Waals surface area contributed by atoms with Crippen molar-refractivity contribution < 1.29 is 18.7 Å². The zero-order valence-corrected chi connectivity index (χ0v) is 17.4. The maximum Gasteiger partial charge on any atom is 0.408 e. The second-order valence-electron chi connectivity index (χ2n) is 7.79. The summed E-state index contributed by atoms with van der Waals surface area (Å²) in [7, 11) is 0. The summed E-state index contributed by atoms with van der Waals surface area (Å²) >= 11 is 3.21. The third kappa shape index (κ3) is 8.03. The zero-order valence-electron chi connectivity index (χ0n) is 15.8. The number of nitrogens with one attached hydrogen (secondary N) is 1. The van der Waals surface area contributed by atoms with E-state index in [0.717, 1.165) is 0 Å². The Kier molecular flexibility index (Phi) is 7.65. The van der Waals surface area contributed by atoms with Gasteiger partial charge in [-0.2, -0.15) is 0 Å². The van der Waals surface area contributed by atoms with Gasteiger partial charge in [-0.15, -0.1) is 0 Å². The molecule has 0 fully saturated rings. The Labute approximate surface area is 157 Å². The molecule has 0 aliphatic rings. The maximum atomic E-state index is 13.1. The van der Waals surface area contributed by atoms with Crippen molar-refractivity contribution in [2.75, 3.05) is 6.61 Å².